The first-order chi connectivity index (χ1) is 14.2. The van der Waals surface area contributed by atoms with Crippen molar-refractivity contribution in [2.75, 3.05) is 10.7 Å². The molecule has 2 N–H and O–H groups in total. The zero-order valence-electron chi connectivity index (χ0n) is 15.4. The van der Waals surface area contributed by atoms with E-state index >= 15 is 0 Å². The largest absolute Gasteiger partial charge is 0.416 e. The van der Waals surface area contributed by atoms with Gasteiger partial charge in [-0.2, -0.15) is 13.2 Å². The van der Waals surface area contributed by atoms with Gasteiger partial charge in [0, 0.05) is 10.7 Å². The number of rotatable bonds is 3. The molecule has 2 aromatic carbocycles. The molecule has 1 aliphatic heterocycles. The molecule has 1 aliphatic rings. The maximum Gasteiger partial charge on any atom is 0.416 e. The van der Waals surface area contributed by atoms with Gasteiger partial charge in [-0.15, -0.1) is 10.2 Å². The number of halogens is 4. The second-order valence-electron chi connectivity index (χ2n) is 6.63. The summed E-state index contributed by atoms with van der Waals surface area (Å²) in [6.07, 6.45) is -4.50. The van der Waals surface area contributed by atoms with Crippen molar-refractivity contribution in [2.24, 2.45) is 0 Å². The van der Waals surface area contributed by atoms with Gasteiger partial charge >= 0.3 is 6.18 Å². The number of anilines is 1. The van der Waals surface area contributed by atoms with Crippen molar-refractivity contribution in [1.29, 1.82) is 0 Å². The molecular weight excluding hydrogens is 439 g/mol. The smallest absolute Gasteiger partial charge is 0.325 e. The highest BCUT2D eigenvalue weighted by molar-refractivity contribution is 8.00. The zero-order valence-corrected chi connectivity index (χ0v) is 17.0. The number of alkyl halides is 3. The van der Waals surface area contributed by atoms with Crippen molar-refractivity contribution in [3.05, 3.63) is 70.5 Å². The van der Waals surface area contributed by atoms with E-state index in [1.54, 1.807) is 35.9 Å². The molecule has 0 radical (unpaired) electrons. The molecule has 0 fully saturated rings. The van der Waals surface area contributed by atoms with Crippen LogP contribution in [-0.2, 0) is 11.0 Å². The SMILES string of the molecule is Cc1nnc2n1N[C@@H](c1ccc(Cl)cc1)[C@H](C(=O)Nc1cccc(C(F)(F)F)c1)S2. The minimum absolute atomic E-state index is 0.0634. The van der Waals surface area contributed by atoms with Crippen molar-refractivity contribution in [1.82, 2.24) is 14.9 Å². The molecule has 11 heteroatoms. The number of hydrogen-bond acceptors (Lipinski definition) is 5. The van der Waals surface area contributed by atoms with Crippen molar-refractivity contribution < 1.29 is 18.0 Å². The number of hydrogen-bond donors (Lipinski definition) is 2. The Balaban J connectivity index is 1.64. The number of carbonyl (C=O) groups excluding carboxylic acids is 1. The molecule has 156 valence electrons. The van der Waals surface area contributed by atoms with Crippen LogP contribution in [0.5, 0.6) is 0 Å². The number of aromatic nitrogens is 3. The van der Waals surface area contributed by atoms with E-state index in [1.807, 2.05) is 0 Å². The van der Waals surface area contributed by atoms with Crippen LogP contribution in [0.2, 0.25) is 5.02 Å². The van der Waals surface area contributed by atoms with Gasteiger partial charge < -0.3 is 10.7 Å². The zero-order chi connectivity index (χ0) is 21.5. The Hall–Kier alpha value is -2.72. The number of nitrogens with zero attached hydrogens (tertiary/aromatic N) is 3. The topological polar surface area (TPSA) is 71.8 Å². The second kappa shape index (κ2) is 7.84. The lowest BCUT2D eigenvalue weighted by molar-refractivity contribution is -0.137. The van der Waals surface area contributed by atoms with Crippen molar-refractivity contribution in [2.45, 2.75) is 29.5 Å². The molecule has 3 aromatic rings. The summed E-state index contributed by atoms with van der Waals surface area (Å²) in [6, 6.07) is 11.0. The number of carbonyl (C=O) groups is 1. The van der Waals surface area contributed by atoms with E-state index in [-0.39, 0.29) is 5.69 Å². The molecule has 6 nitrogen and oxygen atoms in total. The Bertz CT molecular complexity index is 1090. The van der Waals surface area contributed by atoms with E-state index in [2.05, 4.69) is 20.9 Å². The highest BCUT2D eigenvalue weighted by Crippen LogP contribution is 2.38. The molecule has 0 saturated heterocycles. The molecular formula is C19H15ClF3N5OS. The molecule has 0 spiro atoms. The third kappa shape index (κ3) is 4.10. The van der Waals surface area contributed by atoms with E-state index in [0.29, 0.717) is 16.0 Å². The van der Waals surface area contributed by atoms with Gasteiger partial charge in [-0.25, -0.2) is 4.68 Å². The van der Waals surface area contributed by atoms with Gasteiger partial charge in [0.25, 0.3) is 0 Å². The molecule has 0 aliphatic carbocycles. The summed E-state index contributed by atoms with van der Waals surface area (Å²) in [4.78, 5) is 13.1. The third-order valence-electron chi connectivity index (χ3n) is 4.54. The minimum atomic E-state index is -4.50. The summed E-state index contributed by atoms with van der Waals surface area (Å²) in [6.45, 7) is 1.77. The molecule has 1 aromatic heterocycles. The van der Waals surface area contributed by atoms with Gasteiger partial charge in [-0.1, -0.05) is 41.6 Å². The van der Waals surface area contributed by atoms with Crippen LogP contribution in [0, 0.1) is 6.92 Å². The lowest BCUT2D eigenvalue weighted by Crippen LogP contribution is -2.41. The van der Waals surface area contributed by atoms with Gasteiger partial charge in [-0.05, 0) is 42.8 Å². The number of aryl methyl sites for hydroxylation is 1. The van der Waals surface area contributed by atoms with Crippen LogP contribution in [0.4, 0.5) is 18.9 Å². The highest BCUT2D eigenvalue weighted by Gasteiger charge is 2.38. The third-order valence-corrected chi connectivity index (χ3v) is 6.01. The van der Waals surface area contributed by atoms with Crippen LogP contribution in [0.1, 0.15) is 23.0 Å². The molecule has 1 amide bonds. The summed E-state index contributed by atoms with van der Waals surface area (Å²) in [7, 11) is 0. The lowest BCUT2D eigenvalue weighted by Gasteiger charge is -2.32. The fourth-order valence-electron chi connectivity index (χ4n) is 3.07. The van der Waals surface area contributed by atoms with Crippen molar-refractivity contribution in [3.8, 4) is 0 Å². The quantitative estimate of drug-likeness (QED) is 0.603. The van der Waals surface area contributed by atoms with Gasteiger partial charge in [0.2, 0.25) is 11.1 Å². The standard InChI is InChI=1S/C19H15ClF3N5OS/c1-10-25-26-18-28(10)27-15(11-5-7-13(20)8-6-11)16(30-18)17(29)24-14-4-2-3-12(9-14)19(21,22)23/h2-9,15-16,27H,1H3,(H,24,29)/t15-,16+/m0/s1. The maximum atomic E-state index is 13.1. The number of nitrogens with one attached hydrogen (secondary N) is 2. The fraction of sp³-hybridized carbons (Fsp3) is 0.211. The Labute approximate surface area is 178 Å². The first kappa shape index (κ1) is 20.5. The molecule has 4 rings (SSSR count). The predicted molar refractivity (Wildman–Crippen MR) is 108 cm³/mol. The molecule has 30 heavy (non-hydrogen) atoms. The Morgan fingerprint density at radius 3 is 2.63 bits per heavy atom. The molecule has 2 heterocycles. The average molecular weight is 454 g/mol. The highest BCUT2D eigenvalue weighted by atomic mass is 35.5. The number of amides is 1. The lowest BCUT2D eigenvalue weighted by atomic mass is 10.0. The van der Waals surface area contributed by atoms with E-state index < -0.39 is 28.9 Å². The number of benzene rings is 2. The van der Waals surface area contributed by atoms with Crippen LogP contribution in [0.25, 0.3) is 0 Å². The second-order valence-corrected chi connectivity index (χ2v) is 8.17. The molecule has 2 atom stereocenters. The normalized spacial score (nSPS) is 18.4. The van der Waals surface area contributed by atoms with Gasteiger partial charge in [0.15, 0.2) is 0 Å². The van der Waals surface area contributed by atoms with Crippen LogP contribution in [-0.4, -0.2) is 26.0 Å². The van der Waals surface area contributed by atoms with Crippen LogP contribution in [0.15, 0.2) is 53.7 Å². The summed E-state index contributed by atoms with van der Waals surface area (Å²) < 4.78 is 40.6. The van der Waals surface area contributed by atoms with Crippen LogP contribution < -0.4 is 10.7 Å². The molecule has 0 unspecified atom stereocenters. The van der Waals surface area contributed by atoms with Crippen LogP contribution in [0.3, 0.4) is 0 Å². The fourth-order valence-corrected chi connectivity index (χ4v) is 4.32. The van der Waals surface area contributed by atoms with Gasteiger partial charge in [0.1, 0.15) is 11.1 Å². The summed E-state index contributed by atoms with van der Waals surface area (Å²) >= 11 is 7.16. The molecule has 0 bridgehead atoms. The number of fused-ring (bicyclic) bond motifs is 1. The van der Waals surface area contributed by atoms with Gasteiger partial charge in [0.05, 0.1) is 11.6 Å². The summed E-state index contributed by atoms with van der Waals surface area (Å²) in [5.74, 6) is 0.159. The van der Waals surface area contributed by atoms with Gasteiger partial charge in [-0.3, -0.25) is 4.79 Å². The Morgan fingerprint density at radius 1 is 1.20 bits per heavy atom. The van der Waals surface area contributed by atoms with E-state index in [9.17, 15) is 18.0 Å². The first-order valence-electron chi connectivity index (χ1n) is 8.81. The van der Waals surface area contributed by atoms with E-state index in [1.165, 1.54) is 23.9 Å². The van der Waals surface area contributed by atoms with Crippen molar-refractivity contribution >= 4 is 35.0 Å². The Morgan fingerprint density at radius 2 is 1.93 bits per heavy atom. The molecule has 0 saturated carbocycles. The van der Waals surface area contributed by atoms with Crippen LogP contribution >= 0.6 is 23.4 Å². The van der Waals surface area contributed by atoms with E-state index in [0.717, 1.165) is 17.7 Å². The van der Waals surface area contributed by atoms with E-state index in [4.69, 9.17) is 11.6 Å². The number of thioether (sulfide) groups is 1. The summed E-state index contributed by atoms with van der Waals surface area (Å²) in [5, 5.41) is 11.0. The summed E-state index contributed by atoms with van der Waals surface area (Å²) in [5.41, 5.74) is 3.24. The Kier molecular flexibility index (Phi) is 5.37. The first-order valence-corrected chi connectivity index (χ1v) is 10.1. The predicted octanol–water partition coefficient (Wildman–Crippen LogP) is 4.66. The van der Waals surface area contributed by atoms with Crippen molar-refractivity contribution in [3.63, 3.8) is 0 Å². The maximum absolute atomic E-state index is 13.1. The monoisotopic (exact) mass is 453 g/mol. The minimum Gasteiger partial charge on any atom is -0.325 e. The average Bonchev–Trinajstić information content (AvgIpc) is 3.07.